The van der Waals surface area contributed by atoms with Crippen LogP contribution in [0.15, 0.2) is 41.3 Å². The Bertz CT molecular complexity index is 1170. The molecule has 4 heterocycles. The van der Waals surface area contributed by atoms with E-state index in [-0.39, 0.29) is 10.8 Å². The number of ether oxygens (including phenoxy) is 1. The first kappa shape index (κ1) is 19.3. The Hall–Kier alpha value is -2.62. The van der Waals surface area contributed by atoms with Crippen LogP contribution in [-0.2, 0) is 10.0 Å². The highest BCUT2D eigenvalue weighted by Gasteiger charge is 2.35. The molecule has 3 aromatic rings. The van der Waals surface area contributed by atoms with Crippen molar-refractivity contribution in [1.29, 1.82) is 0 Å². The first-order valence-electron chi connectivity index (χ1n) is 10.1. The van der Waals surface area contributed by atoms with E-state index in [0.717, 1.165) is 23.0 Å². The molecule has 5 rings (SSSR count). The van der Waals surface area contributed by atoms with E-state index in [1.165, 1.54) is 11.4 Å². The molecule has 2 aliphatic rings. The van der Waals surface area contributed by atoms with Gasteiger partial charge in [0.15, 0.2) is 0 Å². The van der Waals surface area contributed by atoms with Crippen molar-refractivity contribution in [1.82, 2.24) is 14.3 Å². The van der Waals surface area contributed by atoms with Gasteiger partial charge >= 0.3 is 0 Å². The molecular weight excluding hydrogens is 404 g/mol. The maximum absolute atomic E-state index is 13.2. The van der Waals surface area contributed by atoms with Crippen molar-refractivity contribution in [2.75, 3.05) is 38.2 Å². The van der Waals surface area contributed by atoms with Crippen LogP contribution in [0.5, 0.6) is 5.88 Å². The Morgan fingerprint density at radius 1 is 1.20 bits per heavy atom. The summed E-state index contributed by atoms with van der Waals surface area (Å²) in [5, 5.41) is 11.1. The Morgan fingerprint density at radius 3 is 2.63 bits per heavy atom. The number of pyridine rings is 1. The second kappa shape index (κ2) is 7.26. The molecule has 1 aromatic carbocycles. The monoisotopic (exact) mass is 428 g/mol. The summed E-state index contributed by atoms with van der Waals surface area (Å²) < 4.78 is 33.2. The van der Waals surface area contributed by atoms with Crippen LogP contribution in [-0.4, -0.2) is 67.2 Å². The summed E-state index contributed by atoms with van der Waals surface area (Å²) in [4.78, 5) is 10.1. The summed E-state index contributed by atoms with van der Waals surface area (Å²) in [5.74, 6) is 0.690. The highest BCUT2D eigenvalue weighted by atomic mass is 32.2. The van der Waals surface area contributed by atoms with Gasteiger partial charge in [0.1, 0.15) is 10.7 Å². The lowest BCUT2D eigenvalue weighted by molar-refractivity contribution is 0.198. The quantitative estimate of drug-likeness (QED) is 0.647. The molecule has 0 saturated carbocycles. The van der Waals surface area contributed by atoms with Crippen molar-refractivity contribution >= 4 is 26.7 Å². The second-order valence-corrected chi connectivity index (χ2v) is 9.69. The van der Waals surface area contributed by atoms with Crippen molar-refractivity contribution in [3.63, 3.8) is 0 Å². The Kier molecular flexibility index (Phi) is 4.68. The molecule has 2 aromatic heterocycles. The smallest absolute Gasteiger partial charge is 0.248 e. The van der Waals surface area contributed by atoms with Crippen molar-refractivity contribution in [2.45, 2.75) is 23.8 Å². The molecule has 1 unspecified atom stereocenters. The fourth-order valence-electron chi connectivity index (χ4n) is 4.06. The normalized spacial score (nSPS) is 19.9. The van der Waals surface area contributed by atoms with E-state index in [9.17, 15) is 13.5 Å². The number of aliphatic hydroxyl groups is 1. The molecule has 8 nitrogen and oxygen atoms in total. The lowest BCUT2D eigenvalue weighted by Crippen LogP contribution is -2.42. The Morgan fingerprint density at radius 2 is 2.00 bits per heavy atom. The van der Waals surface area contributed by atoms with Gasteiger partial charge in [0.2, 0.25) is 15.9 Å². The number of sulfonamides is 1. The fourth-order valence-corrected chi connectivity index (χ4v) is 5.69. The molecule has 0 amide bonds. The van der Waals surface area contributed by atoms with Crippen LogP contribution in [0.4, 0.5) is 5.82 Å². The standard InChI is InChI=1S/C21H24N4O4S/c1-29-21-19(30(27,28)25-8-4-9-25)12-16(20(23-21)24-10-7-15(26)13-24)18-11-14-5-2-3-6-17(14)22-18/h2-3,5-6,11-12,15,22,26H,4,7-10,13H2,1H3. The number of aromatic nitrogens is 2. The summed E-state index contributed by atoms with van der Waals surface area (Å²) in [7, 11) is -2.26. The number of rotatable bonds is 5. The third kappa shape index (κ3) is 3.13. The van der Waals surface area contributed by atoms with Crippen LogP contribution in [0.3, 0.4) is 0 Å². The molecule has 0 aliphatic carbocycles. The number of hydrogen-bond donors (Lipinski definition) is 2. The molecule has 2 fully saturated rings. The fraction of sp³-hybridized carbons (Fsp3) is 0.381. The Labute approximate surface area is 175 Å². The summed E-state index contributed by atoms with van der Waals surface area (Å²) in [5.41, 5.74) is 2.42. The van der Waals surface area contributed by atoms with E-state index in [0.29, 0.717) is 44.0 Å². The van der Waals surface area contributed by atoms with E-state index >= 15 is 0 Å². The lowest BCUT2D eigenvalue weighted by Gasteiger charge is -2.30. The average molecular weight is 429 g/mol. The first-order chi connectivity index (χ1) is 14.5. The van der Waals surface area contributed by atoms with Gasteiger partial charge in [0.05, 0.1) is 18.9 Å². The zero-order valence-electron chi connectivity index (χ0n) is 16.7. The number of methoxy groups -OCH3 is 1. The SMILES string of the molecule is COc1nc(N2CCC(O)C2)c(-c2cc3ccccc3[nH]2)cc1S(=O)(=O)N1CCC1. The molecule has 158 valence electrons. The van der Waals surface area contributed by atoms with E-state index < -0.39 is 16.1 Å². The van der Waals surface area contributed by atoms with E-state index in [1.807, 2.05) is 35.2 Å². The molecule has 0 bridgehead atoms. The Balaban J connectivity index is 1.72. The number of para-hydroxylation sites is 1. The number of hydrogen-bond acceptors (Lipinski definition) is 6. The van der Waals surface area contributed by atoms with E-state index in [2.05, 4.69) is 9.97 Å². The van der Waals surface area contributed by atoms with Gasteiger partial charge in [-0.25, -0.2) is 8.42 Å². The maximum atomic E-state index is 13.2. The van der Waals surface area contributed by atoms with Gasteiger partial charge in [-0.2, -0.15) is 9.29 Å². The zero-order valence-corrected chi connectivity index (χ0v) is 17.5. The average Bonchev–Trinajstić information content (AvgIpc) is 3.31. The number of fused-ring (bicyclic) bond motifs is 1. The molecule has 2 aliphatic heterocycles. The highest BCUT2D eigenvalue weighted by Crippen LogP contribution is 2.39. The van der Waals surface area contributed by atoms with Crippen molar-refractivity contribution in [3.05, 3.63) is 36.4 Å². The lowest BCUT2D eigenvalue weighted by atomic mass is 10.1. The van der Waals surface area contributed by atoms with Crippen LogP contribution in [0, 0.1) is 0 Å². The molecule has 2 N–H and O–H groups in total. The number of benzene rings is 1. The number of aromatic amines is 1. The minimum absolute atomic E-state index is 0.0712. The summed E-state index contributed by atoms with van der Waals surface area (Å²) in [6.45, 7) is 2.10. The van der Waals surface area contributed by atoms with E-state index in [4.69, 9.17) is 4.74 Å². The summed E-state index contributed by atoms with van der Waals surface area (Å²) >= 11 is 0. The first-order valence-corrected chi connectivity index (χ1v) is 11.5. The predicted octanol–water partition coefficient (Wildman–Crippen LogP) is 2.20. The van der Waals surface area contributed by atoms with Crippen LogP contribution >= 0.6 is 0 Å². The van der Waals surface area contributed by atoms with Gasteiger partial charge in [0, 0.05) is 42.6 Å². The van der Waals surface area contributed by atoms with Gasteiger partial charge in [-0.15, -0.1) is 0 Å². The maximum Gasteiger partial charge on any atom is 0.248 e. The summed E-state index contributed by atoms with van der Waals surface area (Å²) in [6.07, 6.45) is 1.07. The predicted molar refractivity (Wildman–Crippen MR) is 114 cm³/mol. The molecule has 0 radical (unpaired) electrons. The number of H-pyrrole nitrogens is 1. The molecule has 1 atom stereocenters. The third-order valence-corrected chi connectivity index (χ3v) is 7.74. The third-order valence-electron chi connectivity index (χ3n) is 5.84. The minimum atomic E-state index is -3.69. The van der Waals surface area contributed by atoms with Gasteiger partial charge in [0.25, 0.3) is 0 Å². The highest BCUT2D eigenvalue weighted by molar-refractivity contribution is 7.89. The van der Waals surface area contributed by atoms with Crippen LogP contribution < -0.4 is 9.64 Å². The van der Waals surface area contributed by atoms with Crippen LogP contribution in [0.25, 0.3) is 22.2 Å². The number of aliphatic hydroxyl groups excluding tert-OH is 1. The molecule has 0 spiro atoms. The van der Waals surface area contributed by atoms with Crippen molar-refractivity contribution in [3.8, 4) is 17.1 Å². The number of β-amino-alcohol motifs (C(OH)–C–C–N with tert-alkyl or cyclic N) is 1. The number of nitrogens with zero attached hydrogens (tertiary/aromatic N) is 3. The topological polar surface area (TPSA) is 98.8 Å². The van der Waals surface area contributed by atoms with E-state index in [1.54, 1.807) is 6.07 Å². The van der Waals surface area contributed by atoms with Crippen LogP contribution in [0.1, 0.15) is 12.8 Å². The second-order valence-electron chi connectivity index (χ2n) is 7.78. The van der Waals surface area contributed by atoms with Gasteiger partial charge in [-0.3, -0.25) is 0 Å². The van der Waals surface area contributed by atoms with Crippen molar-refractivity contribution in [2.24, 2.45) is 0 Å². The van der Waals surface area contributed by atoms with Crippen molar-refractivity contribution < 1.29 is 18.3 Å². The molecular formula is C21H24N4O4S. The van der Waals surface area contributed by atoms with Gasteiger partial charge < -0.3 is 19.7 Å². The molecule has 2 saturated heterocycles. The number of anilines is 1. The molecule has 30 heavy (non-hydrogen) atoms. The van der Waals surface area contributed by atoms with Gasteiger partial charge in [-0.1, -0.05) is 18.2 Å². The molecule has 9 heteroatoms. The minimum Gasteiger partial charge on any atom is -0.480 e. The largest absolute Gasteiger partial charge is 0.480 e. The van der Waals surface area contributed by atoms with Gasteiger partial charge in [-0.05, 0) is 31.0 Å². The van der Waals surface area contributed by atoms with Crippen LogP contribution in [0.2, 0.25) is 0 Å². The summed E-state index contributed by atoms with van der Waals surface area (Å²) in [6, 6.07) is 11.5. The zero-order chi connectivity index (χ0) is 20.9. The number of nitrogens with one attached hydrogen (secondary N) is 1.